The van der Waals surface area contributed by atoms with Crippen LogP contribution in [0.3, 0.4) is 0 Å². The van der Waals surface area contributed by atoms with Crippen LogP contribution in [0.25, 0.3) is 0 Å². The molecular formula is C10H14ClN3O2. The number of nitrogens with one attached hydrogen (secondary N) is 1. The standard InChI is InChI=1S/C10H14ClN3O2/c1-7(2)3-4-12-10-9(14(15)16)5-8(11)6-13-10/h5-7H,3-4H2,1-2H3,(H,12,13). The summed E-state index contributed by atoms with van der Waals surface area (Å²) in [5, 5.41) is 13.9. The first-order valence-electron chi connectivity index (χ1n) is 5.04. The van der Waals surface area contributed by atoms with Crippen molar-refractivity contribution in [2.24, 2.45) is 5.92 Å². The number of halogens is 1. The van der Waals surface area contributed by atoms with Crippen LogP contribution in [0.15, 0.2) is 12.3 Å². The summed E-state index contributed by atoms with van der Waals surface area (Å²) in [4.78, 5) is 14.2. The predicted molar refractivity (Wildman–Crippen MR) is 63.8 cm³/mol. The van der Waals surface area contributed by atoms with E-state index in [0.717, 1.165) is 6.42 Å². The van der Waals surface area contributed by atoms with E-state index < -0.39 is 4.92 Å². The molecule has 1 heterocycles. The second kappa shape index (κ2) is 5.65. The SMILES string of the molecule is CC(C)CCNc1ncc(Cl)cc1[N+](=O)[O-]. The van der Waals surface area contributed by atoms with Gasteiger partial charge in [-0.15, -0.1) is 0 Å². The third-order valence-corrected chi connectivity index (χ3v) is 2.25. The van der Waals surface area contributed by atoms with E-state index in [4.69, 9.17) is 11.6 Å². The Kier molecular flexibility index (Phi) is 4.49. The van der Waals surface area contributed by atoms with Gasteiger partial charge in [-0.25, -0.2) is 4.98 Å². The highest BCUT2D eigenvalue weighted by atomic mass is 35.5. The van der Waals surface area contributed by atoms with Gasteiger partial charge < -0.3 is 5.32 Å². The third-order valence-electron chi connectivity index (χ3n) is 2.05. The van der Waals surface area contributed by atoms with Crippen LogP contribution in [-0.4, -0.2) is 16.5 Å². The van der Waals surface area contributed by atoms with Crippen LogP contribution in [0.5, 0.6) is 0 Å². The molecule has 1 aromatic heterocycles. The largest absolute Gasteiger partial charge is 0.364 e. The highest BCUT2D eigenvalue weighted by Crippen LogP contribution is 2.24. The predicted octanol–water partition coefficient (Wildman–Crippen LogP) is 3.10. The second-order valence-electron chi connectivity index (χ2n) is 3.89. The molecule has 6 heteroatoms. The first-order valence-corrected chi connectivity index (χ1v) is 5.42. The minimum atomic E-state index is -0.489. The van der Waals surface area contributed by atoms with Crippen molar-refractivity contribution in [2.45, 2.75) is 20.3 Å². The fourth-order valence-electron chi connectivity index (χ4n) is 1.18. The highest BCUT2D eigenvalue weighted by Gasteiger charge is 2.15. The minimum Gasteiger partial charge on any atom is -0.364 e. The summed E-state index contributed by atoms with van der Waals surface area (Å²) in [5.74, 6) is 0.814. The third kappa shape index (κ3) is 3.66. The van der Waals surface area contributed by atoms with Gasteiger partial charge in [0.15, 0.2) is 0 Å². The number of aromatic nitrogens is 1. The number of pyridine rings is 1. The van der Waals surface area contributed by atoms with Gasteiger partial charge in [0.05, 0.1) is 9.95 Å². The Morgan fingerprint density at radius 3 is 2.88 bits per heavy atom. The van der Waals surface area contributed by atoms with E-state index in [-0.39, 0.29) is 16.5 Å². The van der Waals surface area contributed by atoms with Gasteiger partial charge in [-0.2, -0.15) is 0 Å². The summed E-state index contributed by atoms with van der Waals surface area (Å²) >= 11 is 5.65. The second-order valence-corrected chi connectivity index (χ2v) is 4.32. The maximum absolute atomic E-state index is 10.7. The van der Waals surface area contributed by atoms with Crippen LogP contribution in [0.2, 0.25) is 5.02 Å². The summed E-state index contributed by atoms with van der Waals surface area (Å²) in [6.07, 6.45) is 2.33. The normalized spacial score (nSPS) is 10.5. The van der Waals surface area contributed by atoms with Gasteiger partial charge in [-0.05, 0) is 12.3 Å². The van der Waals surface area contributed by atoms with Gasteiger partial charge in [0, 0.05) is 18.8 Å². The molecular weight excluding hydrogens is 230 g/mol. The average molecular weight is 244 g/mol. The molecule has 0 aromatic carbocycles. The first kappa shape index (κ1) is 12.7. The van der Waals surface area contributed by atoms with Crippen molar-refractivity contribution in [3.63, 3.8) is 0 Å². The van der Waals surface area contributed by atoms with Crippen LogP contribution in [0.1, 0.15) is 20.3 Å². The molecule has 0 unspecified atom stereocenters. The zero-order valence-electron chi connectivity index (χ0n) is 9.24. The summed E-state index contributed by atoms with van der Waals surface area (Å²) < 4.78 is 0. The number of nitro groups is 1. The van der Waals surface area contributed by atoms with Crippen molar-refractivity contribution in [2.75, 3.05) is 11.9 Å². The van der Waals surface area contributed by atoms with Gasteiger partial charge in [-0.3, -0.25) is 10.1 Å². The Labute approximate surface area is 99.0 Å². The monoisotopic (exact) mass is 243 g/mol. The Bertz CT molecular complexity index is 382. The zero-order valence-corrected chi connectivity index (χ0v) is 9.99. The van der Waals surface area contributed by atoms with Crippen LogP contribution in [0.4, 0.5) is 11.5 Å². The Morgan fingerprint density at radius 2 is 2.31 bits per heavy atom. The molecule has 0 amide bonds. The topological polar surface area (TPSA) is 68.1 Å². The van der Waals surface area contributed by atoms with Crippen molar-refractivity contribution in [1.29, 1.82) is 0 Å². The van der Waals surface area contributed by atoms with Gasteiger partial charge in [0.2, 0.25) is 5.82 Å². The number of nitrogens with zero attached hydrogens (tertiary/aromatic N) is 2. The molecule has 0 aliphatic carbocycles. The molecule has 0 aliphatic heterocycles. The molecule has 88 valence electrons. The van der Waals surface area contributed by atoms with E-state index in [9.17, 15) is 10.1 Å². The molecule has 0 saturated carbocycles. The van der Waals surface area contributed by atoms with E-state index in [2.05, 4.69) is 24.1 Å². The minimum absolute atomic E-state index is 0.0868. The van der Waals surface area contributed by atoms with Crippen molar-refractivity contribution >= 4 is 23.1 Å². The van der Waals surface area contributed by atoms with E-state index in [1.807, 2.05) is 0 Å². The number of hydrogen-bond donors (Lipinski definition) is 1. The zero-order chi connectivity index (χ0) is 12.1. The summed E-state index contributed by atoms with van der Waals surface area (Å²) in [6, 6.07) is 1.30. The van der Waals surface area contributed by atoms with Crippen LogP contribution < -0.4 is 5.32 Å². The van der Waals surface area contributed by atoms with E-state index >= 15 is 0 Å². The van der Waals surface area contributed by atoms with Crippen molar-refractivity contribution in [3.8, 4) is 0 Å². The van der Waals surface area contributed by atoms with Gasteiger partial charge in [-0.1, -0.05) is 25.4 Å². The Balaban J connectivity index is 2.75. The molecule has 0 bridgehead atoms. The van der Waals surface area contributed by atoms with Gasteiger partial charge >= 0.3 is 5.69 Å². The molecule has 0 atom stereocenters. The molecule has 5 nitrogen and oxygen atoms in total. The summed E-state index contributed by atoms with van der Waals surface area (Å²) in [7, 11) is 0. The van der Waals surface area contributed by atoms with Crippen LogP contribution >= 0.6 is 11.6 Å². The Hall–Kier alpha value is -1.36. The maximum Gasteiger partial charge on any atom is 0.312 e. The van der Waals surface area contributed by atoms with Crippen LogP contribution in [0, 0.1) is 16.0 Å². The van der Waals surface area contributed by atoms with E-state index in [1.165, 1.54) is 12.3 Å². The molecule has 0 spiro atoms. The molecule has 0 fully saturated rings. The lowest BCUT2D eigenvalue weighted by molar-refractivity contribution is -0.384. The molecule has 0 radical (unpaired) electrons. The van der Waals surface area contributed by atoms with Gasteiger partial charge in [0.1, 0.15) is 0 Å². The van der Waals surface area contributed by atoms with Crippen LogP contribution in [-0.2, 0) is 0 Å². The molecule has 16 heavy (non-hydrogen) atoms. The smallest absolute Gasteiger partial charge is 0.312 e. The quantitative estimate of drug-likeness (QED) is 0.637. The number of anilines is 1. The first-order chi connectivity index (χ1) is 7.50. The highest BCUT2D eigenvalue weighted by molar-refractivity contribution is 6.30. The maximum atomic E-state index is 10.7. The molecule has 1 rings (SSSR count). The van der Waals surface area contributed by atoms with Crippen molar-refractivity contribution < 1.29 is 4.92 Å². The summed E-state index contributed by atoms with van der Waals surface area (Å²) in [5.41, 5.74) is -0.0868. The van der Waals surface area contributed by atoms with Gasteiger partial charge in [0.25, 0.3) is 0 Å². The molecule has 1 N–H and O–H groups in total. The molecule has 1 aromatic rings. The lowest BCUT2D eigenvalue weighted by Crippen LogP contribution is -2.08. The lowest BCUT2D eigenvalue weighted by Gasteiger charge is -2.07. The molecule has 0 aliphatic rings. The van der Waals surface area contributed by atoms with E-state index in [1.54, 1.807) is 0 Å². The van der Waals surface area contributed by atoms with E-state index in [0.29, 0.717) is 12.5 Å². The van der Waals surface area contributed by atoms with Crippen molar-refractivity contribution in [1.82, 2.24) is 4.98 Å². The fourth-order valence-corrected chi connectivity index (χ4v) is 1.34. The number of rotatable bonds is 5. The average Bonchev–Trinajstić information content (AvgIpc) is 2.19. The number of hydrogen-bond acceptors (Lipinski definition) is 4. The lowest BCUT2D eigenvalue weighted by atomic mass is 10.1. The van der Waals surface area contributed by atoms with Crippen molar-refractivity contribution in [3.05, 3.63) is 27.4 Å². The summed E-state index contributed by atoms with van der Waals surface area (Å²) in [6.45, 7) is 4.84. The Morgan fingerprint density at radius 1 is 1.62 bits per heavy atom. The fraction of sp³-hybridized carbons (Fsp3) is 0.500. The molecule has 0 saturated heterocycles.